The molecule has 3 nitrogen and oxygen atoms in total. The van der Waals surface area contributed by atoms with Gasteiger partial charge < -0.3 is 22.0 Å². The summed E-state index contributed by atoms with van der Waals surface area (Å²) in [4.78, 5) is 0. The Morgan fingerprint density at radius 2 is 1.71 bits per heavy atom. The first-order chi connectivity index (χ1) is 4.68. The molecule has 0 aromatic heterocycles. The van der Waals surface area contributed by atoms with Gasteiger partial charge in [0.1, 0.15) is 0 Å². The fourth-order valence-electron chi connectivity index (χ4n) is 0.728. The molecule has 0 aliphatic heterocycles. The molecule has 0 saturated heterocycles. The summed E-state index contributed by atoms with van der Waals surface area (Å²) >= 11 is 0. The molecule has 0 aliphatic rings. The van der Waals surface area contributed by atoms with Crippen molar-refractivity contribution in [2.24, 2.45) is 5.41 Å². The van der Waals surface area contributed by atoms with Gasteiger partial charge in [-0.2, -0.15) is 0 Å². The summed E-state index contributed by atoms with van der Waals surface area (Å²) in [7, 11) is 4.83. The first-order valence-electron chi connectivity index (χ1n) is 3.15. The van der Waals surface area contributed by atoms with Crippen molar-refractivity contribution in [2.75, 3.05) is 26.9 Å². The Morgan fingerprint density at radius 3 is 1.93 bits per heavy atom. The predicted octanol–water partition coefficient (Wildman–Crippen LogP) is 0.885. The Kier molecular flexibility index (Phi) is 34.7. The number of hydrogen-bond donors (Lipinski definition) is 1. The second-order valence-corrected chi connectivity index (χ2v) is 2.75. The van der Waals surface area contributed by atoms with Gasteiger partial charge in [-0.05, 0) is 0 Å². The maximum absolute atomic E-state index is 8.86. The molecule has 1 atom stereocenters. The molecule has 0 rings (SSSR count). The molecule has 0 saturated carbocycles. The standard InChI is InChI=1S/C7H15O3.CH3.Rf.2Y/c1-7(4-8,5-9-2)6-10-3;;;;/h8H,2,4-6H2,1,3H3;1H3;;;/q2*-1;;;. The number of methoxy groups -OCH3 is 1. The Hall–Kier alpha value is 1.09. The van der Waals surface area contributed by atoms with E-state index in [1.165, 1.54) is 0 Å². The van der Waals surface area contributed by atoms with Crippen LogP contribution < -0.4 is 0 Å². The van der Waals surface area contributed by atoms with Crippen molar-refractivity contribution < 1.29 is 80.0 Å². The van der Waals surface area contributed by atoms with Crippen LogP contribution in [0.1, 0.15) is 6.92 Å². The van der Waals surface area contributed by atoms with Gasteiger partial charge in [-0.25, -0.2) is 7.11 Å². The fraction of sp³-hybridized carbons (Fsp3) is 0.750. The average Bonchev–Trinajstić information content (AvgIpc) is 1.89. The minimum atomic E-state index is -0.309. The molecule has 78 valence electrons. The van der Waals surface area contributed by atoms with Crippen LogP contribution in [0.25, 0.3) is 0 Å². The molecule has 0 aromatic rings. The molecular formula is C8H18O3RfY2-2. The van der Waals surface area contributed by atoms with Crippen LogP contribution in [0.4, 0.5) is 0 Å². The van der Waals surface area contributed by atoms with Crippen molar-refractivity contribution in [3.63, 3.8) is 0 Å². The second kappa shape index (κ2) is 16.5. The summed E-state index contributed by atoms with van der Waals surface area (Å²) in [5, 5.41) is 8.86. The van der Waals surface area contributed by atoms with E-state index >= 15 is 0 Å². The average molecular weight is 607 g/mol. The summed E-state index contributed by atoms with van der Waals surface area (Å²) in [6, 6.07) is 0. The Labute approximate surface area is 132 Å². The SMILES string of the molecule is [CH2-]OCC(C)(CO)COC.[CH3-].[Rf].[Y].[Y]. The molecule has 14 heavy (non-hydrogen) atoms. The van der Waals surface area contributed by atoms with Crippen molar-refractivity contribution in [3.8, 4) is 0 Å². The van der Waals surface area contributed by atoms with Crippen LogP contribution in [0.5, 0.6) is 0 Å². The molecule has 1 unspecified atom stereocenters. The fourth-order valence-corrected chi connectivity index (χ4v) is 0.728. The van der Waals surface area contributed by atoms with E-state index < -0.39 is 0 Å². The van der Waals surface area contributed by atoms with Gasteiger partial charge >= 0.3 is 0 Å². The number of aliphatic hydroxyl groups is 1. The van der Waals surface area contributed by atoms with Gasteiger partial charge in [-0.3, -0.25) is 0 Å². The van der Waals surface area contributed by atoms with E-state index in [4.69, 9.17) is 9.84 Å². The largest absolute Gasteiger partial charge is 0.554 e. The van der Waals surface area contributed by atoms with Crippen molar-refractivity contribution >= 4 is 0 Å². The molecule has 0 spiro atoms. The van der Waals surface area contributed by atoms with E-state index in [0.29, 0.717) is 13.2 Å². The summed E-state index contributed by atoms with van der Waals surface area (Å²) < 4.78 is 9.54. The zero-order valence-electron chi connectivity index (χ0n) is 9.45. The molecule has 0 fully saturated rings. The molecular weight excluding hydrogens is 589 g/mol. The maximum atomic E-state index is 8.86. The van der Waals surface area contributed by atoms with Gasteiger partial charge in [0, 0.05) is 84.6 Å². The molecule has 0 aromatic carbocycles. The zero-order chi connectivity index (χ0) is 8.04. The summed E-state index contributed by atoms with van der Waals surface area (Å²) in [5.74, 6) is 0. The monoisotopic (exact) mass is 607 g/mol. The van der Waals surface area contributed by atoms with Crippen molar-refractivity contribution in [1.29, 1.82) is 0 Å². The Bertz CT molecular complexity index is 90.7. The van der Waals surface area contributed by atoms with Gasteiger partial charge in [-0.15, -0.1) is 0 Å². The van der Waals surface area contributed by atoms with Crippen molar-refractivity contribution in [3.05, 3.63) is 14.5 Å². The third-order valence-corrected chi connectivity index (χ3v) is 1.33. The number of rotatable bonds is 5. The van der Waals surface area contributed by atoms with Crippen LogP contribution in [0.2, 0.25) is 0 Å². The van der Waals surface area contributed by atoms with E-state index in [-0.39, 0.29) is 84.9 Å². The Balaban J connectivity index is -0.0000000675. The van der Waals surface area contributed by atoms with E-state index in [1.807, 2.05) is 6.92 Å². The molecule has 0 amide bonds. The Morgan fingerprint density at radius 1 is 1.29 bits per heavy atom. The first kappa shape index (κ1) is 29.4. The number of hydrogen-bond acceptors (Lipinski definition) is 3. The number of aliphatic hydroxyl groups excluding tert-OH is 1. The normalized spacial score (nSPS) is 12.0. The minimum Gasteiger partial charge on any atom is -0.554 e. The van der Waals surface area contributed by atoms with E-state index in [0.717, 1.165) is 0 Å². The van der Waals surface area contributed by atoms with Crippen LogP contribution >= 0.6 is 0 Å². The quantitative estimate of drug-likeness (QED) is 0.473. The van der Waals surface area contributed by atoms with Gasteiger partial charge in [0.05, 0.1) is 13.2 Å². The molecule has 6 heteroatoms. The molecule has 1 N–H and O–H groups in total. The third kappa shape index (κ3) is 13.1. The van der Waals surface area contributed by atoms with Crippen LogP contribution in [-0.4, -0.2) is 32.0 Å². The van der Waals surface area contributed by atoms with Gasteiger partial charge in [-0.1, -0.05) is 6.92 Å². The number of ether oxygens (including phenoxy) is 2. The van der Waals surface area contributed by atoms with E-state index in [2.05, 4.69) is 11.8 Å². The molecule has 0 bridgehead atoms. The van der Waals surface area contributed by atoms with Gasteiger partial charge in [0.15, 0.2) is 0 Å². The van der Waals surface area contributed by atoms with Crippen molar-refractivity contribution in [2.45, 2.75) is 6.92 Å². The molecule has 0 heterocycles. The van der Waals surface area contributed by atoms with Gasteiger partial charge in [0.2, 0.25) is 0 Å². The maximum Gasteiger partial charge on any atom is 0.0559 e. The first-order valence-corrected chi connectivity index (χ1v) is 3.15. The van der Waals surface area contributed by atoms with E-state index in [1.54, 1.807) is 7.11 Å². The third-order valence-electron chi connectivity index (χ3n) is 1.33. The van der Waals surface area contributed by atoms with Crippen LogP contribution in [-0.2, 0) is 74.9 Å². The summed E-state index contributed by atoms with van der Waals surface area (Å²) in [6.45, 7) is 2.83. The molecule has 0 aliphatic carbocycles. The van der Waals surface area contributed by atoms with Crippen LogP contribution in [0, 0.1) is 20.0 Å². The van der Waals surface area contributed by atoms with Crippen molar-refractivity contribution in [1.82, 2.24) is 0 Å². The van der Waals surface area contributed by atoms with Crippen LogP contribution in [0.15, 0.2) is 0 Å². The van der Waals surface area contributed by atoms with E-state index in [9.17, 15) is 0 Å². The predicted molar refractivity (Wildman–Crippen MR) is 44.8 cm³/mol. The van der Waals surface area contributed by atoms with Crippen LogP contribution in [0.3, 0.4) is 0 Å². The van der Waals surface area contributed by atoms with Gasteiger partial charge in [0.25, 0.3) is 0 Å². The topological polar surface area (TPSA) is 38.7 Å². The zero-order valence-corrected chi connectivity index (χ0v) is 21.5. The summed E-state index contributed by atoms with van der Waals surface area (Å²) in [6.07, 6.45) is 0. The summed E-state index contributed by atoms with van der Waals surface area (Å²) in [5.41, 5.74) is -0.309. The minimum absolute atomic E-state index is 0. The smallest absolute Gasteiger partial charge is 0.0559 e. The molecule has 2 radical (unpaired) electrons. The second-order valence-electron chi connectivity index (χ2n) is 2.75.